The lowest BCUT2D eigenvalue weighted by atomic mass is 9.97. The van der Waals surface area contributed by atoms with Crippen molar-refractivity contribution >= 4 is 0 Å². The second kappa shape index (κ2) is 3.00. The summed E-state index contributed by atoms with van der Waals surface area (Å²) in [5, 5.41) is 0. The van der Waals surface area contributed by atoms with Crippen LogP contribution in [0.3, 0.4) is 0 Å². The van der Waals surface area contributed by atoms with Gasteiger partial charge in [-0.2, -0.15) is 0 Å². The molecule has 2 bridgehead atoms. The summed E-state index contributed by atoms with van der Waals surface area (Å²) >= 11 is 0. The lowest BCUT2D eigenvalue weighted by molar-refractivity contribution is 0.104. The van der Waals surface area contributed by atoms with E-state index >= 15 is 0 Å². The molecular weight excluding hydrogens is 148 g/mol. The van der Waals surface area contributed by atoms with Gasteiger partial charge in [-0.3, -0.25) is 0 Å². The fourth-order valence-electron chi connectivity index (χ4n) is 2.80. The first-order valence-corrected chi connectivity index (χ1v) is 5.07. The van der Waals surface area contributed by atoms with E-state index in [1.54, 1.807) is 0 Å². The summed E-state index contributed by atoms with van der Waals surface area (Å²) in [6.45, 7) is 0. The van der Waals surface area contributed by atoms with Gasteiger partial charge in [-0.1, -0.05) is 0 Å². The Labute approximate surface area is 75.5 Å². The highest BCUT2D eigenvalue weighted by atomic mass is 15.2. The Hall–Kier alpha value is -0.0800. The van der Waals surface area contributed by atoms with Crippen molar-refractivity contribution in [1.29, 1.82) is 0 Å². The molecular formula is C10H20N2. The van der Waals surface area contributed by atoms with Crippen LogP contribution in [0.1, 0.15) is 25.7 Å². The average molecular weight is 168 g/mol. The van der Waals surface area contributed by atoms with Crippen LogP contribution in [0.25, 0.3) is 0 Å². The second-order valence-electron chi connectivity index (χ2n) is 4.64. The largest absolute Gasteiger partial charge is 0.306 e. The van der Waals surface area contributed by atoms with Gasteiger partial charge in [-0.05, 0) is 46.8 Å². The zero-order valence-corrected chi connectivity index (χ0v) is 8.45. The molecule has 2 rings (SSSR count). The third kappa shape index (κ3) is 1.27. The highest BCUT2D eigenvalue weighted by molar-refractivity contribution is 4.95. The van der Waals surface area contributed by atoms with Gasteiger partial charge in [0.1, 0.15) is 0 Å². The Bertz CT molecular complexity index is 153. The minimum absolute atomic E-state index is 0.846. The molecule has 0 radical (unpaired) electrons. The number of hydrogen-bond donors (Lipinski definition) is 0. The van der Waals surface area contributed by atoms with Crippen LogP contribution in [0, 0.1) is 0 Å². The van der Waals surface area contributed by atoms with Gasteiger partial charge in [-0.15, -0.1) is 0 Å². The van der Waals surface area contributed by atoms with Gasteiger partial charge in [0.15, 0.2) is 0 Å². The fraction of sp³-hybridized carbons (Fsp3) is 1.00. The van der Waals surface area contributed by atoms with Crippen LogP contribution in [0.4, 0.5) is 0 Å². The van der Waals surface area contributed by atoms with Crippen LogP contribution in [0.5, 0.6) is 0 Å². The maximum atomic E-state index is 2.60. The van der Waals surface area contributed by atoms with Gasteiger partial charge in [-0.25, -0.2) is 0 Å². The predicted molar refractivity (Wildman–Crippen MR) is 51.3 cm³/mol. The molecule has 2 nitrogen and oxygen atoms in total. The number of hydrogen-bond acceptors (Lipinski definition) is 2. The first-order chi connectivity index (χ1) is 5.68. The van der Waals surface area contributed by atoms with Crippen LogP contribution in [0.15, 0.2) is 0 Å². The third-order valence-electron chi connectivity index (χ3n) is 3.80. The average Bonchev–Trinajstić information content (AvgIpc) is 2.30. The minimum atomic E-state index is 0.846. The third-order valence-corrected chi connectivity index (χ3v) is 3.80. The summed E-state index contributed by atoms with van der Waals surface area (Å²) in [4.78, 5) is 5.00. The Morgan fingerprint density at radius 3 is 2.00 bits per heavy atom. The minimum Gasteiger partial charge on any atom is -0.306 e. The van der Waals surface area contributed by atoms with Crippen molar-refractivity contribution in [2.75, 3.05) is 21.1 Å². The number of fused-ring (bicyclic) bond motifs is 2. The highest BCUT2D eigenvalue weighted by Gasteiger charge is 2.38. The lowest BCUT2D eigenvalue weighted by Crippen LogP contribution is -2.46. The van der Waals surface area contributed by atoms with Gasteiger partial charge in [0.2, 0.25) is 0 Å². The zero-order valence-electron chi connectivity index (χ0n) is 8.45. The second-order valence-corrected chi connectivity index (χ2v) is 4.64. The maximum Gasteiger partial charge on any atom is 0.0119 e. The van der Waals surface area contributed by atoms with Crippen molar-refractivity contribution < 1.29 is 0 Å². The smallest absolute Gasteiger partial charge is 0.0119 e. The van der Waals surface area contributed by atoms with Gasteiger partial charge in [0.05, 0.1) is 0 Å². The van der Waals surface area contributed by atoms with Crippen molar-refractivity contribution in [3.8, 4) is 0 Å². The van der Waals surface area contributed by atoms with Crippen molar-refractivity contribution in [2.45, 2.75) is 43.8 Å². The van der Waals surface area contributed by atoms with E-state index < -0.39 is 0 Å². The van der Waals surface area contributed by atoms with E-state index in [-0.39, 0.29) is 0 Å². The summed E-state index contributed by atoms with van der Waals surface area (Å²) in [5.74, 6) is 0. The molecule has 2 heteroatoms. The van der Waals surface area contributed by atoms with E-state index in [2.05, 4.69) is 30.9 Å². The van der Waals surface area contributed by atoms with E-state index in [4.69, 9.17) is 0 Å². The molecule has 0 aromatic rings. The molecule has 0 aliphatic carbocycles. The van der Waals surface area contributed by atoms with E-state index in [9.17, 15) is 0 Å². The Balaban J connectivity index is 2.02. The van der Waals surface area contributed by atoms with Gasteiger partial charge in [0.25, 0.3) is 0 Å². The summed E-state index contributed by atoms with van der Waals surface area (Å²) < 4.78 is 0. The van der Waals surface area contributed by atoms with Crippen molar-refractivity contribution in [2.24, 2.45) is 0 Å². The molecule has 0 aromatic heterocycles. The van der Waals surface area contributed by atoms with Gasteiger partial charge in [0, 0.05) is 18.1 Å². The molecule has 2 fully saturated rings. The topological polar surface area (TPSA) is 6.48 Å². The molecule has 0 N–H and O–H groups in total. The molecule has 2 aliphatic rings. The molecule has 2 unspecified atom stereocenters. The molecule has 0 aromatic carbocycles. The SMILES string of the molecule is CN(C)C1CC2CCC(C1)N2C. The summed E-state index contributed by atoms with van der Waals surface area (Å²) in [7, 11) is 6.74. The van der Waals surface area contributed by atoms with Crippen LogP contribution in [-0.2, 0) is 0 Å². The predicted octanol–water partition coefficient (Wildman–Crippen LogP) is 1.17. The molecule has 0 saturated carbocycles. The standard InChI is InChI=1S/C10H20N2/c1-11(2)10-6-8-4-5-9(7-10)12(8)3/h8-10H,4-7H2,1-3H3. The fourth-order valence-corrected chi connectivity index (χ4v) is 2.80. The highest BCUT2D eigenvalue weighted by Crippen LogP contribution is 2.35. The quantitative estimate of drug-likeness (QED) is 0.580. The Kier molecular flexibility index (Phi) is 2.13. The first-order valence-electron chi connectivity index (χ1n) is 5.07. The molecule has 70 valence electrons. The first kappa shape index (κ1) is 8.52. The number of piperidine rings is 1. The van der Waals surface area contributed by atoms with Crippen molar-refractivity contribution in [3.63, 3.8) is 0 Å². The molecule has 0 spiro atoms. The maximum absolute atomic E-state index is 2.60. The normalized spacial score (nSPS) is 42.5. The molecule has 12 heavy (non-hydrogen) atoms. The van der Waals surface area contributed by atoms with E-state index in [0.717, 1.165) is 18.1 Å². The van der Waals surface area contributed by atoms with E-state index in [1.165, 1.54) is 25.7 Å². The van der Waals surface area contributed by atoms with E-state index in [1.807, 2.05) is 0 Å². The molecule has 2 heterocycles. The molecule has 0 amide bonds. The monoisotopic (exact) mass is 168 g/mol. The number of rotatable bonds is 1. The Morgan fingerprint density at radius 1 is 1.08 bits per heavy atom. The van der Waals surface area contributed by atoms with Gasteiger partial charge < -0.3 is 9.80 Å². The van der Waals surface area contributed by atoms with Crippen LogP contribution in [-0.4, -0.2) is 49.1 Å². The molecule has 2 aliphatic heterocycles. The summed E-state index contributed by atoms with van der Waals surface area (Å²) in [6.07, 6.45) is 5.65. The van der Waals surface area contributed by atoms with Crippen molar-refractivity contribution in [3.05, 3.63) is 0 Å². The van der Waals surface area contributed by atoms with Crippen LogP contribution >= 0.6 is 0 Å². The lowest BCUT2D eigenvalue weighted by Gasteiger charge is -2.39. The van der Waals surface area contributed by atoms with Crippen LogP contribution < -0.4 is 0 Å². The zero-order chi connectivity index (χ0) is 8.72. The van der Waals surface area contributed by atoms with Gasteiger partial charge >= 0.3 is 0 Å². The van der Waals surface area contributed by atoms with E-state index in [0.29, 0.717) is 0 Å². The van der Waals surface area contributed by atoms with Crippen molar-refractivity contribution in [1.82, 2.24) is 9.80 Å². The number of nitrogens with zero attached hydrogens (tertiary/aromatic N) is 2. The summed E-state index contributed by atoms with van der Waals surface area (Å²) in [5.41, 5.74) is 0. The summed E-state index contributed by atoms with van der Waals surface area (Å²) in [6, 6.07) is 2.62. The molecule has 2 atom stereocenters. The Morgan fingerprint density at radius 2 is 1.58 bits per heavy atom. The molecule has 2 saturated heterocycles. The van der Waals surface area contributed by atoms with Crippen LogP contribution in [0.2, 0.25) is 0 Å².